The first-order chi connectivity index (χ1) is 9.74. The van der Waals surface area contributed by atoms with E-state index in [2.05, 4.69) is 10.3 Å². The molecule has 1 N–H and O–H groups in total. The molecule has 0 bridgehead atoms. The van der Waals surface area contributed by atoms with Crippen LogP contribution in [-0.4, -0.2) is 34.8 Å². The first kappa shape index (κ1) is 13.1. The van der Waals surface area contributed by atoms with Crippen LogP contribution in [-0.2, 0) is 9.59 Å². The van der Waals surface area contributed by atoms with Crippen molar-refractivity contribution in [3.05, 3.63) is 24.5 Å². The highest BCUT2D eigenvalue weighted by Gasteiger charge is 2.35. The number of aromatic nitrogens is 1. The summed E-state index contributed by atoms with van der Waals surface area (Å²) in [6.45, 7) is 1.42. The standard InChI is InChI=1S/C15H19N3O2/c19-14(17-13-3-7-16-8-4-13)11-5-9-18(10-6-11)15(20)12-1-2-12/h3-4,7-8,11-12H,1-2,5-6,9-10H2,(H,16,17,19). The molecule has 1 saturated carbocycles. The van der Waals surface area contributed by atoms with E-state index in [-0.39, 0.29) is 23.7 Å². The van der Waals surface area contributed by atoms with Gasteiger partial charge >= 0.3 is 0 Å². The third kappa shape index (κ3) is 2.98. The maximum absolute atomic E-state index is 12.2. The summed E-state index contributed by atoms with van der Waals surface area (Å²) < 4.78 is 0. The van der Waals surface area contributed by atoms with E-state index in [4.69, 9.17) is 0 Å². The highest BCUT2D eigenvalue weighted by atomic mass is 16.2. The van der Waals surface area contributed by atoms with Gasteiger partial charge in [0.05, 0.1) is 0 Å². The van der Waals surface area contributed by atoms with E-state index in [1.165, 1.54) is 0 Å². The molecular weight excluding hydrogens is 254 g/mol. The molecule has 0 unspecified atom stereocenters. The monoisotopic (exact) mass is 273 g/mol. The summed E-state index contributed by atoms with van der Waals surface area (Å²) >= 11 is 0. The van der Waals surface area contributed by atoms with E-state index < -0.39 is 0 Å². The molecule has 0 aromatic carbocycles. The largest absolute Gasteiger partial charge is 0.342 e. The molecule has 5 heteroatoms. The number of hydrogen-bond donors (Lipinski definition) is 1. The first-order valence-corrected chi connectivity index (χ1v) is 7.24. The molecule has 1 saturated heterocycles. The van der Waals surface area contributed by atoms with Gasteiger partial charge in [-0.05, 0) is 37.8 Å². The number of pyridine rings is 1. The second-order valence-electron chi connectivity index (χ2n) is 5.60. The number of hydrogen-bond acceptors (Lipinski definition) is 3. The Bertz CT molecular complexity index is 491. The minimum absolute atomic E-state index is 0.00594. The number of anilines is 1. The van der Waals surface area contributed by atoms with Gasteiger partial charge in [-0.3, -0.25) is 14.6 Å². The lowest BCUT2D eigenvalue weighted by Crippen LogP contribution is -2.42. The summed E-state index contributed by atoms with van der Waals surface area (Å²) in [7, 11) is 0. The van der Waals surface area contributed by atoms with Crippen LogP contribution in [0.5, 0.6) is 0 Å². The van der Waals surface area contributed by atoms with Gasteiger partial charge in [0.1, 0.15) is 0 Å². The van der Waals surface area contributed by atoms with Crippen molar-refractivity contribution in [3.63, 3.8) is 0 Å². The maximum Gasteiger partial charge on any atom is 0.227 e. The van der Waals surface area contributed by atoms with Crippen LogP contribution in [0.1, 0.15) is 25.7 Å². The fourth-order valence-corrected chi connectivity index (χ4v) is 2.63. The normalized spacial score (nSPS) is 19.7. The van der Waals surface area contributed by atoms with Crippen molar-refractivity contribution in [2.24, 2.45) is 11.8 Å². The van der Waals surface area contributed by atoms with Gasteiger partial charge in [0.2, 0.25) is 11.8 Å². The molecule has 1 aliphatic carbocycles. The molecule has 20 heavy (non-hydrogen) atoms. The first-order valence-electron chi connectivity index (χ1n) is 7.24. The lowest BCUT2D eigenvalue weighted by atomic mass is 9.95. The van der Waals surface area contributed by atoms with Gasteiger partial charge in [-0.2, -0.15) is 0 Å². The van der Waals surface area contributed by atoms with Crippen LogP contribution < -0.4 is 5.32 Å². The van der Waals surface area contributed by atoms with Crippen LogP contribution in [0.2, 0.25) is 0 Å². The number of piperidine rings is 1. The van der Waals surface area contributed by atoms with E-state index >= 15 is 0 Å². The Morgan fingerprint density at radius 3 is 2.30 bits per heavy atom. The summed E-state index contributed by atoms with van der Waals surface area (Å²) in [5.74, 6) is 0.622. The van der Waals surface area contributed by atoms with Crippen molar-refractivity contribution in [2.75, 3.05) is 18.4 Å². The Balaban J connectivity index is 1.50. The predicted octanol–water partition coefficient (Wildman–Crippen LogP) is 1.67. The minimum atomic E-state index is 0.00594. The zero-order chi connectivity index (χ0) is 13.9. The molecule has 0 atom stereocenters. The van der Waals surface area contributed by atoms with Gasteiger partial charge in [0, 0.05) is 43.0 Å². The van der Waals surface area contributed by atoms with Crippen molar-refractivity contribution >= 4 is 17.5 Å². The van der Waals surface area contributed by atoms with Crippen molar-refractivity contribution in [1.82, 2.24) is 9.88 Å². The molecule has 2 amide bonds. The average molecular weight is 273 g/mol. The Morgan fingerprint density at radius 2 is 1.70 bits per heavy atom. The summed E-state index contributed by atoms with van der Waals surface area (Å²) in [5.41, 5.74) is 0.779. The molecule has 3 rings (SSSR count). The fraction of sp³-hybridized carbons (Fsp3) is 0.533. The minimum Gasteiger partial charge on any atom is -0.342 e. The number of likely N-dealkylation sites (tertiary alicyclic amines) is 1. The number of carbonyl (C=O) groups is 2. The van der Waals surface area contributed by atoms with Crippen LogP contribution in [0.4, 0.5) is 5.69 Å². The molecule has 106 valence electrons. The topological polar surface area (TPSA) is 62.3 Å². The molecule has 2 heterocycles. The molecule has 2 aliphatic rings. The summed E-state index contributed by atoms with van der Waals surface area (Å²) in [4.78, 5) is 29.9. The molecule has 2 fully saturated rings. The van der Waals surface area contributed by atoms with Gasteiger partial charge in [0.25, 0.3) is 0 Å². The third-order valence-electron chi connectivity index (χ3n) is 4.05. The Labute approximate surface area is 118 Å². The lowest BCUT2D eigenvalue weighted by Gasteiger charge is -2.31. The van der Waals surface area contributed by atoms with Gasteiger partial charge in [-0.1, -0.05) is 0 Å². The summed E-state index contributed by atoms with van der Waals surface area (Å²) in [6, 6.07) is 3.56. The fourth-order valence-electron chi connectivity index (χ4n) is 2.63. The lowest BCUT2D eigenvalue weighted by molar-refractivity contribution is -0.135. The van der Waals surface area contributed by atoms with Crippen LogP contribution in [0.25, 0.3) is 0 Å². The molecule has 1 aromatic heterocycles. The second-order valence-corrected chi connectivity index (χ2v) is 5.60. The number of nitrogens with zero attached hydrogens (tertiary/aromatic N) is 2. The summed E-state index contributed by atoms with van der Waals surface area (Å²) in [5, 5.41) is 2.91. The van der Waals surface area contributed by atoms with Gasteiger partial charge in [-0.15, -0.1) is 0 Å². The van der Waals surface area contributed by atoms with Crippen molar-refractivity contribution in [3.8, 4) is 0 Å². The quantitative estimate of drug-likeness (QED) is 0.911. The van der Waals surface area contributed by atoms with Crippen LogP contribution in [0.3, 0.4) is 0 Å². The summed E-state index contributed by atoms with van der Waals surface area (Å²) in [6.07, 6.45) is 6.92. The van der Waals surface area contributed by atoms with Crippen molar-refractivity contribution in [2.45, 2.75) is 25.7 Å². The van der Waals surface area contributed by atoms with Crippen LogP contribution in [0.15, 0.2) is 24.5 Å². The highest BCUT2D eigenvalue weighted by Crippen LogP contribution is 2.32. The van der Waals surface area contributed by atoms with Crippen LogP contribution in [0, 0.1) is 11.8 Å². The Kier molecular flexibility index (Phi) is 3.67. The molecule has 0 radical (unpaired) electrons. The van der Waals surface area contributed by atoms with Gasteiger partial charge in [-0.25, -0.2) is 0 Å². The smallest absolute Gasteiger partial charge is 0.227 e. The average Bonchev–Trinajstić information content (AvgIpc) is 3.32. The van der Waals surface area contributed by atoms with E-state index in [1.807, 2.05) is 4.90 Å². The molecule has 1 aromatic rings. The van der Waals surface area contributed by atoms with E-state index in [1.54, 1.807) is 24.5 Å². The van der Waals surface area contributed by atoms with Crippen molar-refractivity contribution in [1.29, 1.82) is 0 Å². The van der Waals surface area contributed by atoms with Crippen LogP contribution >= 0.6 is 0 Å². The predicted molar refractivity (Wildman–Crippen MR) is 74.9 cm³/mol. The van der Waals surface area contributed by atoms with Gasteiger partial charge < -0.3 is 10.2 Å². The Hall–Kier alpha value is -1.91. The molecular formula is C15H19N3O2. The molecule has 0 spiro atoms. The zero-order valence-electron chi connectivity index (χ0n) is 11.4. The molecule has 5 nitrogen and oxygen atoms in total. The SMILES string of the molecule is O=C(Nc1ccncc1)C1CCN(C(=O)C2CC2)CC1. The number of rotatable bonds is 3. The van der Waals surface area contributed by atoms with Crippen molar-refractivity contribution < 1.29 is 9.59 Å². The second kappa shape index (κ2) is 5.61. The van der Waals surface area contributed by atoms with E-state index in [0.29, 0.717) is 13.1 Å². The number of nitrogens with one attached hydrogen (secondary N) is 1. The third-order valence-corrected chi connectivity index (χ3v) is 4.05. The number of amides is 2. The zero-order valence-corrected chi connectivity index (χ0v) is 11.4. The van der Waals surface area contributed by atoms with E-state index in [9.17, 15) is 9.59 Å². The van der Waals surface area contributed by atoms with E-state index in [0.717, 1.165) is 31.4 Å². The highest BCUT2D eigenvalue weighted by molar-refractivity contribution is 5.92. The molecule has 1 aliphatic heterocycles. The maximum atomic E-state index is 12.2. The Morgan fingerprint density at radius 1 is 1.05 bits per heavy atom. The van der Waals surface area contributed by atoms with Gasteiger partial charge in [0.15, 0.2) is 0 Å². The number of carbonyl (C=O) groups excluding carboxylic acids is 2.